The molecule has 1 N–H and O–H groups in total. The molecular formula is C16H21BrN4. The number of aromatic nitrogens is 2. The number of benzene rings is 1. The predicted molar refractivity (Wildman–Crippen MR) is 90.4 cm³/mol. The Balaban J connectivity index is 2.06. The Kier molecular flexibility index (Phi) is 4.96. The fourth-order valence-corrected chi connectivity index (χ4v) is 2.84. The van der Waals surface area contributed by atoms with Crippen LogP contribution in [0.4, 0.5) is 5.95 Å². The second-order valence-corrected chi connectivity index (χ2v) is 6.60. The van der Waals surface area contributed by atoms with Gasteiger partial charge in [0.15, 0.2) is 0 Å². The molecule has 0 saturated heterocycles. The largest absolute Gasteiger partial charge is 0.347 e. The van der Waals surface area contributed by atoms with Gasteiger partial charge in [0, 0.05) is 48.6 Å². The zero-order chi connectivity index (χ0) is 15.5. The predicted octanol–water partition coefficient (Wildman–Crippen LogP) is 3.33. The van der Waals surface area contributed by atoms with Crippen molar-refractivity contribution in [2.24, 2.45) is 0 Å². The third-order valence-electron chi connectivity index (χ3n) is 3.37. The van der Waals surface area contributed by atoms with E-state index in [1.807, 2.05) is 37.5 Å². The lowest BCUT2D eigenvalue weighted by atomic mass is 9.94. The lowest BCUT2D eigenvalue weighted by molar-refractivity contribution is 0.399. The van der Waals surface area contributed by atoms with Crippen LogP contribution in [0.15, 0.2) is 41.1 Å². The number of nitrogens with one attached hydrogen (secondary N) is 1. The summed E-state index contributed by atoms with van der Waals surface area (Å²) in [5.41, 5.74) is 2.16. The second kappa shape index (κ2) is 6.54. The molecule has 0 aliphatic rings. The lowest BCUT2D eigenvalue weighted by Crippen LogP contribution is -2.36. The SMILES string of the molecule is CN(C)c1ncc(CNC(C)(C)c2ccccc2Br)cn1. The smallest absolute Gasteiger partial charge is 0.224 e. The average Bonchev–Trinajstić information content (AvgIpc) is 2.46. The Morgan fingerprint density at radius 1 is 1.14 bits per heavy atom. The van der Waals surface area contributed by atoms with E-state index in [1.165, 1.54) is 5.56 Å². The van der Waals surface area contributed by atoms with Crippen LogP contribution in [0.25, 0.3) is 0 Å². The van der Waals surface area contributed by atoms with Crippen molar-refractivity contribution in [1.29, 1.82) is 0 Å². The Morgan fingerprint density at radius 3 is 2.33 bits per heavy atom. The van der Waals surface area contributed by atoms with Gasteiger partial charge in [0.1, 0.15) is 0 Å². The summed E-state index contributed by atoms with van der Waals surface area (Å²) in [5, 5.41) is 3.56. The molecule has 2 rings (SSSR count). The van der Waals surface area contributed by atoms with Gasteiger partial charge in [0.25, 0.3) is 0 Å². The van der Waals surface area contributed by atoms with E-state index in [2.05, 4.69) is 63.3 Å². The number of hydrogen-bond acceptors (Lipinski definition) is 4. The third-order valence-corrected chi connectivity index (χ3v) is 4.06. The van der Waals surface area contributed by atoms with Gasteiger partial charge in [-0.25, -0.2) is 9.97 Å². The van der Waals surface area contributed by atoms with Crippen LogP contribution in [-0.4, -0.2) is 24.1 Å². The van der Waals surface area contributed by atoms with Gasteiger partial charge in [0.2, 0.25) is 5.95 Å². The minimum atomic E-state index is -0.139. The van der Waals surface area contributed by atoms with E-state index < -0.39 is 0 Å². The van der Waals surface area contributed by atoms with Crippen molar-refractivity contribution in [3.8, 4) is 0 Å². The first-order chi connectivity index (χ1) is 9.90. The molecule has 0 aliphatic carbocycles. The summed E-state index contributed by atoms with van der Waals surface area (Å²) in [6.07, 6.45) is 3.73. The van der Waals surface area contributed by atoms with E-state index in [9.17, 15) is 0 Å². The molecule has 1 aromatic heterocycles. The highest BCUT2D eigenvalue weighted by Crippen LogP contribution is 2.28. The molecule has 0 bridgehead atoms. The molecule has 0 fully saturated rings. The molecule has 0 aliphatic heterocycles. The van der Waals surface area contributed by atoms with Crippen molar-refractivity contribution in [3.05, 3.63) is 52.3 Å². The minimum Gasteiger partial charge on any atom is -0.347 e. The quantitative estimate of drug-likeness (QED) is 0.899. The van der Waals surface area contributed by atoms with E-state index >= 15 is 0 Å². The summed E-state index contributed by atoms with van der Waals surface area (Å²) in [6.45, 7) is 5.06. The molecule has 0 unspecified atom stereocenters. The van der Waals surface area contributed by atoms with Crippen molar-refractivity contribution in [2.75, 3.05) is 19.0 Å². The van der Waals surface area contributed by atoms with Gasteiger partial charge in [-0.3, -0.25) is 0 Å². The molecule has 1 heterocycles. The van der Waals surface area contributed by atoms with Crippen LogP contribution < -0.4 is 10.2 Å². The normalized spacial score (nSPS) is 11.5. The van der Waals surface area contributed by atoms with Gasteiger partial charge >= 0.3 is 0 Å². The molecule has 1 aromatic carbocycles. The van der Waals surface area contributed by atoms with Gasteiger partial charge < -0.3 is 10.2 Å². The molecule has 21 heavy (non-hydrogen) atoms. The highest BCUT2D eigenvalue weighted by molar-refractivity contribution is 9.10. The van der Waals surface area contributed by atoms with Gasteiger partial charge in [-0.1, -0.05) is 34.1 Å². The molecule has 112 valence electrons. The van der Waals surface area contributed by atoms with Crippen LogP contribution >= 0.6 is 15.9 Å². The van der Waals surface area contributed by atoms with E-state index in [4.69, 9.17) is 0 Å². The van der Waals surface area contributed by atoms with Crippen LogP contribution in [0, 0.1) is 0 Å². The topological polar surface area (TPSA) is 41.1 Å². The highest BCUT2D eigenvalue weighted by Gasteiger charge is 2.21. The lowest BCUT2D eigenvalue weighted by Gasteiger charge is -2.28. The maximum absolute atomic E-state index is 4.33. The Bertz CT molecular complexity index is 593. The van der Waals surface area contributed by atoms with Gasteiger partial charge in [-0.15, -0.1) is 0 Å². The number of hydrogen-bond donors (Lipinski definition) is 1. The zero-order valence-corrected chi connectivity index (χ0v) is 14.5. The van der Waals surface area contributed by atoms with Crippen LogP contribution in [0.2, 0.25) is 0 Å². The summed E-state index contributed by atoms with van der Waals surface area (Å²) < 4.78 is 1.11. The highest BCUT2D eigenvalue weighted by atomic mass is 79.9. The third kappa shape index (κ3) is 4.02. The maximum Gasteiger partial charge on any atom is 0.224 e. The van der Waals surface area contributed by atoms with Crippen molar-refractivity contribution in [1.82, 2.24) is 15.3 Å². The molecular weight excluding hydrogens is 328 g/mol. The van der Waals surface area contributed by atoms with Crippen molar-refractivity contribution in [2.45, 2.75) is 25.9 Å². The minimum absolute atomic E-state index is 0.139. The molecule has 0 spiro atoms. The van der Waals surface area contributed by atoms with Crippen molar-refractivity contribution in [3.63, 3.8) is 0 Å². The molecule has 0 amide bonds. The molecule has 2 aromatic rings. The summed E-state index contributed by atoms with van der Waals surface area (Å²) >= 11 is 3.61. The van der Waals surface area contributed by atoms with Gasteiger partial charge in [0.05, 0.1) is 0 Å². The summed E-state index contributed by atoms with van der Waals surface area (Å²) in [5.74, 6) is 0.726. The standard InChI is InChI=1S/C16H21BrN4/c1-16(2,13-7-5-6-8-14(13)17)20-11-12-9-18-15(19-10-12)21(3)4/h5-10,20H,11H2,1-4H3. The van der Waals surface area contributed by atoms with Crippen molar-refractivity contribution < 1.29 is 0 Å². The fourth-order valence-electron chi connectivity index (χ4n) is 2.06. The average molecular weight is 349 g/mol. The van der Waals surface area contributed by atoms with Crippen molar-refractivity contribution >= 4 is 21.9 Å². The summed E-state index contributed by atoms with van der Waals surface area (Å²) in [6, 6.07) is 8.27. The molecule has 4 nitrogen and oxygen atoms in total. The first-order valence-corrected chi connectivity index (χ1v) is 7.68. The maximum atomic E-state index is 4.33. The van der Waals surface area contributed by atoms with E-state index in [0.717, 1.165) is 22.5 Å². The molecule has 5 heteroatoms. The Hall–Kier alpha value is -1.46. The molecule has 0 radical (unpaired) electrons. The first-order valence-electron chi connectivity index (χ1n) is 6.88. The van der Waals surface area contributed by atoms with E-state index in [-0.39, 0.29) is 5.54 Å². The number of anilines is 1. The molecule has 0 saturated carbocycles. The monoisotopic (exact) mass is 348 g/mol. The zero-order valence-electron chi connectivity index (χ0n) is 12.9. The molecule has 0 atom stereocenters. The number of halogens is 1. The van der Waals surface area contributed by atoms with Crippen LogP contribution in [0.3, 0.4) is 0 Å². The van der Waals surface area contributed by atoms with Crippen LogP contribution in [-0.2, 0) is 12.1 Å². The Morgan fingerprint density at radius 2 is 1.76 bits per heavy atom. The van der Waals surface area contributed by atoms with Gasteiger partial charge in [-0.05, 0) is 25.5 Å². The fraction of sp³-hybridized carbons (Fsp3) is 0.375. The van der Waals surface area contributed by atoms with E-state index in [1.54, 1.807) is 0 Å². The van der Waals surface area contributed by atoms with Gasteiger partial charge in [-0.2, -0.15) is 0 Å². The first kappa shape index (κ1) is 15.9. The summed E-state index contributed by atoms with van der Waals surface area (Å²) in [7, 11) is 3.87. The Labute approximate surface area is 134 Å². The summed E-state index contributed by atoms with van der Waals surface area (Å²) in [4.78, 5) is 10.6. The van der Waals surface area contributed by atoms with Crippen LogP contribution in [0.5, 0.6) is 0 Å². The number of rotatable bonds is 5. The van der Waals surface area contributed by atoms with E-state index in [0.29, 0.717) is 0 Å². The number of nitrogens with zero attached hydrogens (tertiary/aromatic N) is 3. The van der Waals surface area contributed by atoms with Crippen LogP contribution in [0.1, 0.15) is 25.0 Å². The second-order valence-electron chi connectivity index (χ2n) is 5.74.